The van der Waals surface area contributed by atoms with Crippen LogP contribution in [0.5, 0.6) is 0 Å². The Morgan fingerprint density at radius 2 is 1.93 bits per heavy atom. The molecule has 4 aromatic rings. The average molecular weight is 433 g/mol. The summed E-state index contributed by atoms with van der Waals surface area (Å²) in [6.07, 6.45) is 7.67. The maximum absolute atomic E-state index is 12.5. The third kappa shape index (κ3) is 3.99. The number of nitrogens with zero attached hydrogens (tertiary/aromatic N) is 6. The minimum absolute atomic E-state index is 0.265. The predicted molar refractivity (Wildman–Crippen MR) is 108 cm³/mol. The lowest BCUT2D eigenvalue weighted by atomic mass is 10.2. The van der Waals surface area contributed by atoms with Crippen molar-refractivity contribution in [3.63, 3.8) is 0 Å². The average Bonchev–Trinajstić information content (AvgIpc) is 3.33. The van der Waals surface area contributed by atoms with Gasteiger partial charge in [0.05, 0.1) is 58.3 Å². The first kappa shape index (κ1) is 19.1. The first-order valence-electron chi connectivity index (χ1n) is 8.30. The van der Waals surface area contributed by atoms with Crippen molar-refractivity contribution in [1.29, 1.82) is 0 Å². The van der Waals surface area contributed by atoms with Crippen LogP contribution in [0.15, 0.2) is 43.1 Å². The van der Waals surface area contributed by atoms with Gasteiger partial charge < -0.3 is 15.4 Å². The first-order valence-corrected chi connectivity index (χ1v) is 9.05. The van der Waals surface area contributed by atoms with Gasteiger partial charge in [-0.3, -0.25) is 0 Å². The molecule has 0 aliphatic heterocycles. The third-order valence-electron chi connectivity index (χ3n) is 3.94. The van der Waals surface area contributed by atoms with Crippen molar-refractivity contribution < 1.29 is 9.53 Å². The highest BCUT2D eigenvalue weighted by molar-refractivity contribution is 6.32. The van der Waals surface area contributed by atoms with Gasteiger partial charge in [0.1, 0.15) is 0 Å². The number of carbonyl (C=O) groups is 1. The first-order chi connectivity index (χ1) is 14.0. The van der Waals surface area contributed by atoms with Gasteiger partial charge in [0, 0.05) is 18.9 Å². The van der Waals surface area contributed by atoms with Crippen molar-refractivity contribution in [1.82, 2.24) is 29.6 Å². The SMILES string of the molecule is COCc1c(NC(=O)Nc2cnc(-n3nccn3)c(Cl)c2)cnn2cc(Cl)cc12. The molecule has 0 saturated heterocycles. The fraction of sp³-hybridized carbons (Fsp3) is 0.118. The molecule has 4 aromatic heterocycles. The van der Waals surface area contributed by atoms with Crippen LogP contribution in [0.1, 0.15) is 5.56 Å². The second kappa shape index (κ2) is 8.03. The Hall–Kier alpha value is -3.21. The van der Waals surface area contributed by atoms with Crippen LogP contribution in [0.3, 0.4) is 0 Å². The highest BCUT2D eigenvalue weighted by atomic mass is 35.5. The molecule has 0 fully saturated rings. The number of halogens is 2. The van der Waals surface area contributed by atoms with E-state index in [1.807, 2.05) is 0 Å². The Labute approximate surface area is 174 Å². The van der Waals surface area contributed by atoms with E-state index < -0.39 is 6.03 Å². The molecule has 0 spiro atoms. The van der Waals surface area contributed by atoms with E-state index in [4.69, 9.17) is 27.9 Å². The molecule has 0 atom stereocenters. The van der Waals surface area contributed by atoms with E-state index in [-0.39, 0.29) is 11.6 Å². The number of anilines is 2. The molecule has 0 aliphatic carbocycles. The van der Waals surface area contributed by atoms with Crippen molar-refractivity contribution in [2.75, 3.05) is 17.7 Å². The van der Waals surface area contributed by atoms with Crippen LogP contribution in [0.2, 0.25) is 10.0 Å². The minimum Gasteiger partial charge on any atom is -0.380 e. The molecule has 2 amide bonds. The number of pyridine rings is 1. The van der Waals surface area contributed by atoms with Crippen LogP contribution in [0.25, 0.3) is 11.3 Å². The van der Waals surface area contributed by atoms with E-state index in [0.29, 0.717) is 22.2 Å². The molecule has 12 heteroatoms. The van der Waals surface area contributed by atoms with E-state index in [1.54, 1.807) is 30.0 Å². The number of ether oxygens (including phenoxy) is 1. The molecule has 148 valence electrons. The molecular weight excluding hydrogens is 419 g/mol. The van der Waals surface area contributed by atoms with Gasteiger partial charge in [-0.1, -0.05) is 23.2 Å². The summed E-state index contributed by atoms with van der Waals surface area (Å²) >= 11 is 12.3. The lowest BCUT2D eigenvalue weighted by Crippen LogP contribution is -2.21. The highest BCUT2D eigenvalue weighted by Crippen LogP contribution is 2.25. The zero-order valence-corrected chi connectivity index (χ0v) is 16.5. The van der Waals surface area contributed by atoms with Gasteiger partial charge in [0.2, 0.25) is 0 Å². The van der Waals surface area contributed by atoms with Crippen molar-refractivity contribution in [2.24, 2.45) is 0 Å². The number of urea groups is 1. The zero-order valence-electron chi connectivity index (χ0n) is 15.0. The molecule has 0 aromatic carbocycles. The van der Waals surface area contributed by atoms with Gasteiger partial charge in [0.25, 0.3) is 0 Å². The van der Waals surface area contributed by atoms with Crippen LogP contribution in [-0.2, 0) is 11.3 Å². The second-order valence-electron chi connectivity index (χ2n) is 5.89. The van der Waals surface area contributed by atoms with E-state index in [1.165, 1.54) is 29.6 Å². The largest absolute Gasteiger partial charge is 0.380 e. The van der Waals surface area contributed by atoms with Crippen LogP contribution < -0.4 is 10.6 Å². The van der Waals surface area contributed by atoms with Crippen molar-refractivity contribution in [3.05, 3.63) is 58.7 Å². The summed E-state index contributed by atoms with van der Waals surface area (Å²) in [6.45, 7) is 0.265. The van der Waals surface area contributed by atoms with Crippen LogP contribution >= 0.6 is 23.2 Å². The molecule has 10 nitrogen and oxygen atoms in total. The summed E-state index contributed by atoms with van der Waals surface area (Å²) in [6, 6.07) is 2.81. The second-order valence-corrected chi connectivity index (χ2v) is 6.73. The molecule has 0 aliphatic rings. The van der Waals surface area contributed by atoms with Gasteiger partial charge in [-0.05, 0) is 12.1 Å². The lowest BCUT2D eigenvalue weighted by Gasteiger charge is -2.13. The zero-order chi connectivity index (χ0) is 20.4. The van der Waals surface area contributed by atoms with Crippen LogP contribution in [0, 0.1) is 0 Å². The molecular formula is C17H14Cl2N8O2. The summed E-state index contributed by atoms with van der Waals surface area (Å²) in [7, 11) is 1.56. The topological polar surface area (TPSA) is 111 Å². The van der Waals surface area contributed by atoms with Gasteiger partial charge in [-0.2, -0.15) is 15.3 Å². The predicted octanol–water partition coefficient (Wildman–Crippen LogP) is 3.41. The number of hydrogen-bond acceptors (Lipinski definition) is 6. The minimum atomic E-state index is -0.492. The van der Waals surface area contributed by atoms with E-state index >= 15 is 0 Å². The number of nitrogens with one attached hydrogen (secondary N) is 2. The van der Waals surface area contributed by atoms with Crippen molar-refractivity contribution in [3.8, 4) is 5.82 Å². The summed E-state index contributed by atoms with van der Waals surface area (Å²) < 4.78 is 6.87. The molecule has 4 heterocycles. The maximum atomic E-state index is 12.5. The van der Waals surface area contributed by atoms with Crippen molar-refractivity contribution in [2.45, 2.75) is 6.61 Å². The molecule has 0 radical (unpaired) electrons. The Morgan fingerprint density at radius 3 is 2.66 bits per heavy atom. The normalized spacial score (nSPS) is 11.0. The standard InChI is InChI=1S/C17H14Cl2N8O2/c1-29-9-12-14(7-23-26-8-10(18)4-15(12)26)25-17(28)24-11-5-13(19)16(20-6-11)27-21-2-3-22-27/h2-8H,9H2,1H3,(H2,24,25,28). The van der Waals surface area contributed by atoms with Gasteiger partial charge in [-0.15, -0.1) is 4.80 Å². The third-order valence-corrected chi connectivity index (χ3v) is 4.42. The smallest absolute Gasteiger partial charge is 0.323 e. The molecule has 29 heavy (non-hydrogen) atoms. The number of aromatic nitrogens is 6. The number of hydrogen-bond donors (Lipinski definition) is 2. The summed E-state index contributed by atoms with van der Waals surface area (Å²) in [5.74, 6) is 0.352. The molecule has 0 saturated carbocycles. The Kier molecular flexibility index (Phi) is 5.30. The van der Waals surface area contributed by atoms with Gasteiger partial charge >= 0.3 is 6.03 Å². The monoisotopic (exact) mass is 432 g/mol. The lowest BCUT2D eigenvalue weighted by molar-refractivity contribution is 0.186. The van der Waals surface area contributed by atoms with Gasteiger partial charge in [0.15, 0.2) is 5.82 Å². The molecule has 4 rings (SSSR count). The summed E-state index contributed by atoms with van der Waals surface area (Å²) in [5.41, 5.74) is 2.36. The van der Waals surface area contributed by atoms with E-state index in [2.05, 4.69) is 30.9 Å². The number of methoxy groups -OCH3 is 1. The number of amides is 2. The molecule has 2 N–H and O–H groups in total. The summed E-state index contributed by atoms with van der Waals surface area (Å²) in [5, 5.41) is 18.4. The molecule has 0 bridgehead atoms. The maximum Gasteiger partial charge on any atom is 0.323 e. The highest BCUT2D eigenvalue weighted by Gasteiger charge is 2.14. The Bertz CT molecular complexity index is 1180. The van der Waals surface area contributed by atoms with Crippen LogP contribution in [0.4, 0.5) is 16.2 Å². The van der Waals surface area contributed by atoms with Crippen LogP contribution in [-0.4, -0.2) is 42.7 Å². The van der Waals surface area contributed by atoms with E-state index in [9.17, 15) is 4.79 Å². The number of fused-ring (bicyclic) bond motifs is 1. The number of rotatable bonds is 5. The fourth-order valence-electron chi connectivity index (χ4n) is 2.74. The Morgan fingerprint density at radius 1 is 1.14 bits per heavy atom. The molecule has 0 unspecified atom stereocenters. The Balaban J connectivity index is 1.54. The van der Waals surface area contributed by atoms with E-state index in [0.717, 1.165) is 11.1 Å². The quantitative estimate of drug-likeness (QED) is 0.499. The summed E-state index contributed by atoms with van der Waals surface area (Å²) in [4.78, 5) is 17.9. The van der Waals surface area contributed by atoms with Gasteiger partial charge in [-0.25, -0.2) is 14.3 Å². The van der Waals surface area contributed by atoms with Crippen molar-refractivity contribution >= 4 is 46.1 Å². The number of carbonyl (C=O) groups excluding carboxylic acids is 1. The fourth-order valence-corrected chi connectivity index (χ4v) is 3.17.